The number of hydrogen-bond donors (Lipinski definition) is 0. The average molecular weight is 404 g/mol. The minimum absolute atomic E-state index is 0.283. The van der Waals surface area contributed by atoms with Crippen molar-refractivity contribution in [2.24, 2.45) is 0 Å². The van der Waals surface area contributed by atoms with Gasteiger partial charge in [-0.05, 0) is 19.8 Å². The maximum atomic E-state index is 11.3. The minimum Gasteiger partial charge on any atom is -0.248 e. The zero-order valence-electron chi connectivity index (χ0n) is 11.7. The maximum Gasteiger partial charge on any atom is 0.414 e. The Morgan fingerprint density at radius 1 is 0.727 bits per heavy atom. The quantitative estimate of drug-likeness (QED) is 0.376. The lowest BCUT2D eigenvalue weighted by atomic mass is 10.4. The number of hydrogen-bond acceptors (Lipinski definition) is 11. The summed E-state index contributed by atoms with van der Waals surface area (Å²) in [6, 6.07) is 0. The molecule has 15 heteroatoms. The largest absolute Gasteiger partial charge is 0.414 e. The highest BCUT2D eigenvalue weighted by atomic mass is 32.3. The second-order valence-corrected chi connectivity index (χ2v) is 10.5. The molecule has 0 aromatic heterocycles. The molecule has 0 spiro atoms. The summed E-state index contributed by atoms with van der Waals surface area (Å²) >= 11 is 0. The average Bonchev–Trinajstić information content (AvgIpc) is 2.19. The standard InChI is InChI=1S/C7H16O11S4/c1-3-16-22(14,15)18-21(12,13)7-5-4-6-20(10,11)17-19(2,8)9/h3-7H2,1-2H3. The summed E-state index contributed by atoms with van der Waals surface area (Å²) in [6.45, 7) is 0.985. The van der Waals surface area contributed by atoms with Crippen LogP contribution in [-0.2, 0) is 52.2 Å². The van der Waals surface area contributed by atoms with Gasteiger partial charge >= 0.3 is 10.4 Å². The van der Waals surface area contributed by atoms with Crippen LogP contribution < -0.4 is 0 Å². The van der Waals surface area contributed by atoms with Crippen molar-refractivity contribution in [2.45, 2.75) is 19.8 Å². The van der Waals surface area contributed by atoms with Gasteiger partial charge in [-0.1, -0.05) is 0 Å². The molecule has 0 unspecified atom stereocenters. The molecule has 0 radical (unpaired) electrons. The second-order valence-electron chi connectivity index (χ2n) is 3.89. The normalized spacial score (nSPS) is 14.1. The van der Waals surface area contributed by atoms with Crippen LogP contribution in [0.5, 0.6) is 0 Å². The van der Waals surface area contributed by atoms with Gasteiger partial charge in [-0.15, -0.1) is 7.26 Å². The van der Waals surface area contributed by atoms with Crippen LogP contribution in [0.2, 0.25) is 0 Å². The Hall–Kier alpha value is -0.320. The van der Waals surface area contributed by atoms with E-state index in [1.54, 1.807) is 0 Å². The fraction of sp³-hybridized carbons (Fsp3) is 1.00. The molecule has 0 fully saturated rings. The fourth-order valence-corrected chi connectivity index (χ4v) is 5.73. The van der Waals surface area contributed by atoms with Crippen molar-refractivity contribution in [3.05, 3.63) is 0 Å². The Labute approximate surface area is 130 Å². The Morgan fingerprint density at radius 2 is 1.14 bits per heavy atom. The van der Waals surface area contributed by atoms with Gasteiger partial charge in [0.1, 0.15) is 0 Å². The highest BCUT2D eigenvalue weighted by Gasteiger charge is 2.24. The molecule has 22 heavy (non-hydrogen) atoms. The second kappa shape index (κ2) is 7.98. The molecule has 0 heterocycles. The van der Waals surface area contributed by atoms with Gasteiger partial charge in [0.25, 0.3) is 30.4 Å². The topological polar surface area (TPSA) is 164 Å². The summed E-state index contributed by atoms with van der Waals surface area (Å²) in [5.41, 5.74) is 0. The first-order valence-electron chi connectivity index (χ1n) is 5.65. The van der Waals surface area contributed by atoms with Crippen LogP contribution in [0.1, 0.15) is 19.8 Å². The van der Waals surface area contributed by atoms with E-state index in [1.165, 1.54) is 6.92 Å². The van der Waals surface area contributed by atoms with Gasteiger partial charge in [-0.25, -0.2) is 4.18 Å². The van der Waals surface area contributed by atoms with E-state index in [1.807, 2.05) is 0 Å². The Kier molecular flexibility index (Phi) is 7.86. The van der Waals surface area contributed by atoms with Crippen molar-refractivity contribution < 1.29 is 45.1 Å². The van der Waals surface area contributed by atoms with Gasteiger partial charge < -0.3 is 0 Å². The molecule has 0 aliphatic carbocycles. The first-order chi connectivity index (χ1) is 9.68. The van der Waals surface area contributed by atoms with Gasteiger partial charge in [-0.2, -0.15) is 33.7 Å². The van der Waals surface area contributed by atoms with Gasteiger partial charge in [0.2, 0.25) is 0 Å². The van der Waals surface area contributed by atoms with Gasteiger partial charge in [-0.3, -0.25) is 0 Å². The van der Waals surface area contributed by atoms with E-state index < -0.39 is 52.3 Å². The Bertz CT molecular complexity index is 756. The summed E-state index contributed by atoms with van der Waals surface area (Å²) in [5.74, 6) is -1.55. The smallest absolute Gasteiger partial charge is 0.248 e. The predicted octanol–water partition coefficient (Wildman–Crippen LogP) is -1.30. The van der Waals surface area contributed by atoms with E-state index >= 15 is 0 Å². The zero-order valence-corrected chi connectivity index (χ0v) is 14.9. The van der Waals surface area contributed by atoms with Crippen LogP contribution >= 0.6 is 0 Å². The molecule has 0 N–H and O–H groups in total. The third-order valence-corrected chi connectivity index (χ3v) is 7.13. The van der Waals surface area contributed by atoms with E-state index in [9.17, 15) is 33.7 Å². The van der Waals surface area contributed by atoms with Crippen LogP contribution in [0, 0.1) is 0 Å². The molecular formula is C7H16O11S4. The molecule has 0 aliphatic heterocycles. The molecule has 0 bridgehead atoms. The van der Waals surface area contributed by atoms with Crippen LogP contribution in [0.15, 0.2) is 0 Å². The van der Waals surface area contributed by atoms with E-state index in [0.717, 1.165) is 0 Å². The van der Waals surface area contributed by atoms with Crippen molar-refractivity contribution in [1.29, 1.82) is 0 Å². The van der Waals surface area contributed by atoms with Crippen molar-refractivity contribution >= 4 is 40.8 Å². The lowest BCUT2D eigenvalue weighted by Gasteiger charge is -2.05. The Balaban J connectivity index is 4.42. The minimum atomic E-state index is -4.69. The van der Waals surface area contributed by atoms with Gasteiger partial charge in [0.05, 0.1) is 24.4 Å². The first-order valence-corrected chi connectivity index (χ1v) is 12.0. The van der Waals surface area contributed by atoms with Crippen molar-refractivity contribution in [2.75, 3.05) is 24.4 Å². The summed E-state index contributed by atoms with van der Waals surface area (Å²) in [7, 11) is -17.7. The number of unbranched alkanes of at least 4 members (excludes halogenated alkanes) is 1. The summed E-state index contributed by atoms with van der Waals surface area (Å²) in [4.78, 5) is 0. The van der Waals surface area contributed by atoms with E-state index in [0.29, 0.717) is 6.26 Å². The van der Waals surface area contributed by atoms with Crippen LogP contribution in [0.4, 0.5) is 0 Å². The van der Waals surface area contributed by atoms with E-state index in [-0.39, 0.29) is 19.4 Å². The molecule has 0 aliphatic rings. The van der Waals surface area contributed by atoms with Crippen LogP contribution in [0.25, 0.3) is 0 Å². The third kappa shape index (κ3) is 11.3. The Morgan fingerprint density at radius 3 is 1.50 bits per heavy atom. The van der Waals surface area contributed by atoms with E-state index in [2.05, 4.69) is 11.4 Å². The highest BCUT2D eigenvalue weighted by Crippen LogP contribution is 2.08. The summed E-state index contributed by atoms with van der Waals surface area (Å²) < 4.78 is 100. The number of rotatable bonds is 11. The molecule has 0 amide bonds. The lowest BCUT2D eigenvalue weighted by molar-refractivity contribution is 0.289. The van der Waals surface area contributed by atoms with Crippen molar-refractivity contribution in [1.82, 2.24) is 0 Å². The SMILES string of the molecule is CCOS(=O)(=O)OS(=O)(=O)CCCCS(=O)(=O)OS(C)(=O)=O. The molecular weight excluding hydrogens is 388 g/mol. The predicted molar refractivity (Wildman–Crippen MR) is 74.4 cm³/mol. The van der Waals surface area contributed by atoms with Gasteiger partial charge in [0, 0.05) is 0 Å². The molecule has 0 atom stereocenters. The molecule has 134 valence electrons. The van der Waals surface area contributed by atoms with Crippen molar-refractivity contribution in [3.63, 3.8) is 0 Å². The monoisotopic (exact) mass is 404 g/mol. The summed E-state index contributed by atoms with van der Waals surface area (Å²) in [6.07, 6.45) is -0.0348. The fourth-order valence-electron chi connectivity index (χ4n) is 1.10. The molecule has 0 aromatic carbocycles. The first kappa shape index (κ1) is 21.7. The highest BCUT2D eigenvalue weighted by molar-refractivity contribution is 7.99. The molecule has 0 saturated heterocycles. The zero-order chi connectivity index (χ0) is 17.7. The maximum absolute atomic E-state index is 11.3. The molecule has 0 saturated carbocycles. The molecule has 11 nitrogen and oxygen atoms in total. The van der Waals surface area contributed by atoms with Crippen molar-refractivity contribution in [3.8, 4) is 0 Å². The molecule has 0 aromatic rings. The van der Waals surface area contributed by atoms with Crippen LogP contribution in [-0.4, -0.2) is 58.0 Å². The molecule has 0 rings (SSSR count). The van der Waals surface area contributed by atoms with E-state index in [4.69, 9.17) is 0 Å². The van der Waals surface area contributed by atoms with Crippen LogP contribution in [0.3, 0.4) is 0 Å². The van der Waals surface area contributed by atoms with Gasteiger partial charge in [0.15, 0.2) is 0 Å². The lowest BCUT2D eigenvalue weighted by Crippen LogP contribution is -2.20. The third-order valence-electron chi connectivity index (χ3n) is 1.72. The summed E-state index contributed by atoms with van der Waals surface area (Å²) in [5, 5.41) is 0.